The van der Waals surface area contributed by atoms with Gasteiger partial charge in [-0.1, -0.05) is 12.1 Å². The number of rotatable bonds is 2. The molecule has 6 nitrogen and oxygen atoms in total. The van der Waals surface area contributed by atoms with Gasteiger partial charge in [0.25, 0.3) is 0 Å². The van der Waals surface area contributed by atoms with Crippen molar-refractivity contribution in [3.63, 3.8) is 0 Å². The molecule has 1 amide bonds. The molecule has 2 rings (SSSR count). The molecule has 124 valence electrons. The van der Waals surface area contributed by atoms with Gasteiger partial charge < -0.3 is 4.74 Å². The van der Waals surface area contributed by atoms with E-state index in [0.29, 0.717) is 15.5 Å². The summed E-state index contributed by atoms with van der Waals surface area (Å²) in [5, 5.41) is 9.20. The first kappa shape index (κ1) is 17.7. The highest BCUT2D eigenvalue weighted by Crippen LogP contribution is 2.33. The van der Waals surface area contributed by atoms with Crippen LogP contribution in [0.4, 0.5) is 10.5 Å². The standard InChI is InChI=1S/C15H17BrN2O4S/c1-15(2,3)22-14(19)18-12-7-5-9-4-6-10(23(17,20)21)8-11(9)13(12)16/h4-8H,1-3H3,(H,18,19)(H2,17,20,21). The highest BCUT2D eigenvalue weighted by molar-refractivity contribution is 9.10. The minimum atomic E-state index is -3.80. The van der Waals surface area contributed by atoms with Crippen LogP contribution in [0.25, 0.3) is 10.8 Å². The molecule has 0 atom stereocenters. The maximum atomic E-state index is 11.9. The number of nitrogens with one attached hydrogen (secondary N) is 1. The second-order valence-electron chi connectivity index (χ2n) is 5.98. The Hall–Kier alpha value is -1.64. The topological polar surface area (TPSA) is 98.5 Å². The van der Waals surface area contributed by atoms with Crippen LogP contribution in [0.1, 0.15) is 20.8 Å². The Labute approximate surface area is 143 Å². The molecule has 0 fully saturated rings. The van der Waals surface area contributed by atoms with Gasteiger partial charge in [-0.05, 0) is 65.7 Å². The van der Waals surface area contributed by atoms with Gasteiger partial charge in [-0.15, -0.1) is 0 Å². The van der Waals surface area contributed by atoms with Gasteiger partial charge in [-0.3, -0.25) is 5.32 Å². The van der Waals surface area contributed by atoms with Gasteiger partial charge in [-0.25, -0.2) is 18.4 Å². The van der Waals surface area contributed by atoms with E-state index in [1.165, 1.54) is 12.1 Å². The smallest absolute Gasteiger partial charge is 0.412 e. The van der Waals surface area contributed by atoms with E-state index in [2.05, 4.69) is 21.2 Å². The van der Waals surface area contributed by atoms with Crippen molar-refractivity contribution in [1.29, 1.82) is 0 Å². The summed E-state index contributed by atoms with van der Waals surface area (Å²) in [4.78, 5) is 11.9. The summed E-state index contributed by atoms with van der Waals surface area (Å²) in [6.45, 7) is 5.29. The third-order valence-electron chi connectivity index (χ3n) is 2.89. The molecular formula is C15H17BrN2O4S. The van der Waals surface area contributed by atoms with E-state index in [1.807, 2.05) is 0 Å². The zero-order valence-electron chi connectivity index (χ0n) is 12.9. The van der Waals surface area contributed by atoms with Crippen LogP contribution in [0.5, 0.6) is 0 Å². The molecular weight excluding hydrogens is 384 g/mol. The zero-order chi connectivity index (χ0) is 17.4. The number of carbonyl (C=O) groups is 1. The van der Waals surface area contributed by atoms with Crippen molar-refractivity contribution in [2.24, 2.45) is 5.14 Å². The summed E-state index contributed by atoms with van der Waals surface area (Å²) in [7, 11) is -3.80. The summed E-state index contributed by atoms with van der Waals surface area (Å²) in [6, 6.07) is 8.00. The minimum absolute atomic E-state index is 0.000109. The van der Waals surface area contributed by atoms with Gasteiger partial charge in [0.05, 0.1) is 10.6 Å². The molecule has 2 aromatic rings. The molecule has 0 saturated carbocycles. The Morgan fingerprint density at radius 2 is 1.83 bits per heavy atom. The van der Waals surface area contributed by atoms with Crippen molar-refractivity contribution in [3.8, 4) is 0 Å². The first-order chi connectivity index (χ1) is 10.5. The number of amides is 1. The predicted octanol–water partition coefficient (Wildman–Crippen LogP) is 3.60. The van der Waals surface area contributed by atoms with Crippen LogP contribution in [0.2, 0.25) is 0 Å². The number of nitrogens with two attached hydrogens (primary N) is 1. The van der Waals surface area contributed by atoms with Crippen molar-refractivity contribution >= 4 is 48.5 Å². The monoisotopic (exact) mass is 400 g/mol. The summed E-state index contributed by atoms with van der Waals surface area (Å²) in [6.07, 6.45) is -0.597. The van der Waals surface area contributed by atoms with E-state index in [4.69, 9.17) is 9.88 Å². The lowest BCUT2D eigenvalue weighted by Crippen LogP contribution is -2.27. The number of hydrogen-bond donors (Lipinski definition) is 2. The highest BCUT2D eigenvalue weighted by atomic mass is 79.9. The molecule has 0 heterocycles. The maximum Gasteiger partial charge on any atom is 0.412 e. The van der Waals surface area contributed by atoms with Crippen LogP contribution in [-0.2, 0) is 14.8 Å². The van der Waals surface area contributed by atoms with Crippen LogP contribution >= 0.6 is 15.9 Å². The van der Waals surface area contributed by atoms with Gasteiger partial charge in [-0.2, -0.15) is 0 Å². The fourth-order valence-electron chi connectivity index (χ4n) is 1.95. The molecule has 8 heteroatoms. The second kappa shape index (κ2) is 6.10. The minimum Gasteiger partial charge on any atom is -0.444 e. The Kier molecular flexibility index (Phi) is 4.70. The fourth-order valence-corrected chi connectivity index (χ4v) is 3.06. The van der Waals surface area contributed by atoms with Crippen LogP contribution in [0, 0.1) is 0 Å². The molecule has 3 N–H and O–H groups in total. The van der Waals surface area contributed by atoms with E-state index in [-0.39, 0.29) is 4.90 Å². The average molecular weight is 401 g/mol. The number of hydrogen-bond acceptors (Lipinski definition) is 4. The van der Waals surface area contributed by atoms with Gasteiger partial charge in [0, 0.05) is 4.47 Å². The number of ether oxygens (including phenoxy) is 1. The van der Waals surface area contributed by atoms with Crippen LogP contribution in [-0.4, -0.2) is 20.1 Å². The number of halogens is 1. The van der Waals surface area contributed by atoms with E-state index in [1.54, 1.807) is 39.0 Å². The second-order valence-corrected chi connectivity index (χ2v) is 8.34. The molecule has 0 aromatic heterocycles. The molecule has 2 aromatic carbocycles. The Morgan fingerprint density at radius 3 is 2.39 bits per heavy atom. The number of sulfonamides is 1. The summed E-state index contributed by atoms with van der Waals surface area (Å²) in [5.41, 5.74) is -0.146. The number of anilines is 1. The van der Waals surface area contributed by atoms with Gasteiger partial charge in [0.1, 0.15) is 5.60 Å². The molecule has 0 aliphatic carbocycles. The van der Waals surface area contributed by atoms with Gasteiger partial charge >= 0.3 is 6.09 Å². The van der Waals surface area contributed by atoms with Crippen molar-refractivity contribution in [2.75, 3.05) is 5.32 Å². The number of carbonyl (C=O) groups excluding carboxylic acids is 1. The largest absolute Gasteiger partial charge is 0.444 e. The first-order valence-corrected chi connectivity index (χ1v) is 9.06. The van der Waals surface area contributed by atoms with E-state index in [0.717, 1.165) is 5.39 Å². The van der Waals surface area contributed by atoms with Crippen LogP contribution in [0.3, 0.4) is 0 Å². The van der Waals surface area contributed by atoms with Crippen molar-refractivity contribution in [1.82, 2.24) is 0 Å². The first-order valence-electron chi connectivity index (χ1n) is 6.72. The highest BCUT2D eigenvalue weighted by Gasteiger charge is 2.18. The van der Waals surface area contributed by atoms with Crippen LogP contribution < -0.4 is 10.5 Å². The number of primary sulfonamides is 1. The van der Waals surface area contributed by atoms with Crippen molar-refractivity contribution < 1.29 is 17.9 Å². The zero-order valence-corrected chi connectivity index (χ0v) is 15.3. The lowest BCUT2D eigenvalue weighted by atomic mass is 10.1. The maximum absolute atomic E-state index is 11.9. The fraction of sp³-hybridized carbons (Fsp3) is 0.267. The average Bonchev–Trinajstić information content (AvgIpc) is 2.38. The summed E-state index contributed by atoms with van der Waals surface area (Å²) < 4.78 is 28.7. The van der Waals surface area contributed by atoms with E-state index >= 15 is 0 Å². The number of fused-ring (bicyclic) bond motifs is 1. The third-order valence-corrected chi connectivity index (χ3v) is 4.66. The molecule has 0 aliphatic heterocycles. The van der Waals surface area contributed by atoms with Crippen LogP contribution in [0.15, 0.2) is 39.7 Å². The molecule has 0 aliphatic rings. The Balaban J connectivity index is 2.43. The van der Waals surface area contributed by atoms with Crippen molar-refractivity contribution in [3.05, 3.63) is 34.8 Å². The molecule has 0 bridgehead atoms. The SMILES string of the molecule is CC(C)(C)OC(=O)Nc1ccc2ccc(S(N)(=O)=O)cc2c1Br. The summed E-state index contributed by atoms with van der Waals surface area (Å²) in [5.74, 6) is 0. The number of benzene rings is 2. The Morgan fingerprint density at radius 1 is 1.22 bits per heavy atom. The lowest BCUT2D eigenvalue weighted by molar-refractivity contribution is 0.0636. The molecule has 0 saturated heterocycles. The van der Waals surface area contributed by atoms with E-state index < -0.39 is 21.7 Å². The molecule has 0 unspecified atom stereocenters. The van der Waals surface area contributed by atoms with Gasteiger partial charge in [0.15, 0.2) is 0 Å². The predicted molar refractivity (Wildman–Crippen MR) is 92.9 cm³/mol. The quantitative estimate of drug-likeness (QED) is 0.803. The summed E-state index contributed by atoms with van der Waals surface area (Å²) >= 11 is 3.38. The van der Waals surface area contributed by atoms with Gasteiger partial charge in [0.2, 0.25) is 10.0 Å². The lowest BCUT2D eigenvalue weighted by Gasteiger charge is -2.20. The molecule has 0 radical (unpaired) electrons. The normalized spacial score (nSPS) is 12.2. The Bertz CT molecular complexity index is 873. The van der Waals surface area contributed by atoms with E-state index in [9.17, 15) is 13.2 Å². The third kappa shape index (κ3) is 4.43. The molecule has 0 spiro atoms. The molecule has 23 heavy (non-hydrogen) atoms. The van der Waals surface area contributed by atoms with Crippen molar-refractivity contribution in [2.45, 2.75) is 31.3 Å².